The van der Waals surface area contributed by atoms with Gasteiger partial charge in [-0.15, -0.1) is 0 Å². The number of aromatic hydroxyl groups is 1. The molecule has 98 valence electrons. The lowest BCUT2D eigenvalue weighted by molar-refractivity contribution is 0.394. The Morgan fingerprint density at radius 2 is 2.05 bits per heavy atom. The summed E-state index contributed by atoms with van der Waals surface area (Å²) in [5.74, 6) is -0.166. The predicted molar refractivity (Wildman–Crippen MR) is 70.9 cm³/mol. The maximum atomic E-state index is 12.8. The van der Waals surface area contributed by atoms with Crippen molar-refractivity contribution in [3.8, 4) is 11.6 Å². The molecule has 1 N–H and O–H groups in total. The van der Waals surface area contributed by atoms with Crippen LogP contribution in [0, 0.1) is 5.82 Å². The average molecular weight is 281 g/mol. The Morgan fingerprint density at radius 3 is 2.68 bits per heavy atom. The van der Waals surface area contributed by atoms with Gasteiger partial charge in [0.15, 0.2) is 0 Å². The molecule has 0 bridgehead atoms. The van der Waals surface area contributed by atoms with E-state index in [0.717, 1.165) is 0 Å². The minimum absolute atomic E-state index is 0.0600. The van der Waals surface area contributed by atoms with Gasteiger partial charge in [0, 0.05) is 6.07 Å². The quantitative estimate of drug-likeness (QED) is 0.878. The molecule has 0 aliphatic heterocycles. The van der Waals surface area contributed by atoms with E-state index in [4.69, 9.17) is 16.3 Å². The summed E-state index contributed by atoms with van der Waals surface area (Å²) in [6, 6.07) is 6.97. The van der Waals surface area contributed by atoms with Crippen molar-refractivity contribution in [2.75, 3.05) is 7.11 Å². The van der Waals surface area contributed by atoms with Crippen molar-refractivity contribution >= 4 is 22.5 Å². The number of pyridine rings is 1. The van der Waals surface area contributed by atoms with Gasteiger partial charge in [-0.3, -0.25) is 0 Å². The Labute approximate surface area is 114 Å². The normalized spacial score (nSPS) is 11.4. The first-order valence-corrected chi connectivity index (χ1v) is 5.71. The summed E-state index contributed by atoms with van der Waals surface area (Å²) >= 11 is 6.03. The van der Waals surface area contributed by atoms with Gasteiger partial charge in [-0.2, -0.15) is 0 Å². The van der Waals surface area contributed by atoms with E-state index in [0.29, 0.717) is 11.6 Å². The van der Waals surface area contributed by atoms with Crippen molar-refractivity contribution in [1.29, 1.82) is 0 Å². The second kappa shape index (κ2) is 5.67. The summed E-state index contributed by atoms with van der Waals surface area (Å²) < 4.78 is 17.7. The number of rotatable bonds is 3. The fourth-order valence-corrected chi connectivity index (χ4v) is 1.64. The molecule has 1 aromatic heterocycles. The molecule has 0 radical (unpaired) electrons. The van der Waals surface area contributed by atoms with E-state index < -0.39 is 0 Å². The molecule has 0 saturated carbocycles. The number of ether oxygens (including phenoxy) is 1. The highest BCUT2D eigenvalue weighted by atomic mass is 35.5. The molecule has 0 atom stereocenters. The molecular formula is C13H10ClFN2O2. The fourth-order valence-electron chi connectivity index (χ4n) is 1.40. The van der Waals surface area contributed by atoms with Crippen molar-refractivity contribution in [3.63, 3.8) is 0 Å². The first-order valence-electron chi connectivity index (χ1n) is 5.33. The van der Waals surface area contributed by atoms with Gasteiger partial charge in [0.05, 0.1) is 24.6 Å². The van der Waals surface area contributed by atoms with E-state index in [2.05, 4.69) is 9.98 Å². The van der Waals surface area contributed by atoms with Crippen molar-refractivity contribution in [2.45, 2.75) is 0 Å². The van der Waals surface area contributed by atoms with Crippen LogP contribution in [0.3, 0.4) is 0 Å². The lowest BCUT2D eigenvalue weighted by atomic mass is 10.2. The molecule has 0 fully saturated rings. The second-order valence-electron chi connectivity index (χ2n) is 3.62. The van der Waals surface area contributed by atoms with Crippen molar-refractivity contribution in [2.24, 2.45) is 4.99 Å². The van der Waals surface area contributed by atoms with Crippen LogP contribution >= 0.6 is 11.6 Å². The summed E-state index contributed by atoms with van der Waals surface area (Å²) in [5, 5.41) is 9.74. The van der Waals surface area contributed by atoms with E-state index in [1.165, 1.54) is 43.6 Å². The number of aliphatic imine (C=N–C) groups is 1. The van der Waals surface area contributed by atoms with Gasteiger partial charge in [0.1, 0.15) is 16.7 Å². The van der Waals surface area contributed by atoms with Crippen LogP contribution in [0.1, 0.15) is 5.56 Å². The number of benzene rings is 1. The standard InChI is InChI=1S/C13H10ClFN2O2/c1-19-12-6-10(11(18)7-16-12)13(14)17-9-4-2-8(15)3-5-9/h2-7,18H,1H3. The van der Waals surface area contributed by atoms with Crippen LogP contribution in [0.15, 0.2) is 41.5 Å². The number of methoxy groups -OCH3 is 1. The minimum Gasteiger partial charge on any atom is -0.506 e. The third-order valence-electron chi connectivity index (χ3n) is 2.34. The summed E-state index contributed by atoms with van der Waals surface area (Å²) in [6.07, 6.45) is 1.22. The van der Waals surface area contributed by atoms with Gasteiger partial charge >= 0.3 is 0 Å². The fraction of sp³-hybridized carbons (Fsp3) is 0.0769. The average Bonchev–Trinajstić information content (AvgIpc) is 2.42. The van der Waals surface area contributed by atoms with Crippen LogP contribution in [0.5, 0.6) is 11.6 Å². The first kappa shape index (κ1) is 13.3. The van der Waals surface area contributed by atoms with Gasteiger partial charge in [-0.1, -0.05) is 11.6 Å². The van der Waals surface area contributed by atoms with Crippen LogP contribution in [-0.2, 0) is 0 Å². The van der Waals surface area contributed by atoms with Crippen LogP contribution in [0.4, 0.5) is 10.1 Å². The summed E-state index contributed by atoms with van der Waals surface area (Å²) in [7, 11) is 1.45. The van der Waals surface area contributed by atoms with E-state index in [1.807, 2.05) is 0 Å². The van der Waals surface area contributed by atoms with Gasteiger partial charge < -0.3 is 9.84 Å². The zero-order chi connectivity index (χ0) is 13.8. The van der Waals surface area contributed by atoms with E-state index in [9.17, 15) is 9.50 Å². The van der Waals surface area contributed by atoms with E-state index in [-0.39, 0.29) is 22.3 Å². The summed E-state index contributed by atoms with van der Waals surface area (Å²) in [5.41, 5.74) is 0.763. The molecule has 0 aliphatic carbocycles. The third kappa shape index (κ3) is 3.20. The Balaban J connectivity index is 2.37. The molecular weight excluding hydrogens is 271 g/mol. The SMILES string of the molecule is COc1cc(C(Cl)=Nc2ccc(F)cc2)c(O)cn1. The smallest absolute Gasteiger partial charge is 0.213 e. The Bertz CT molecular complexity index is 615. The third-order valence-corrected chi connectivity index (χ3v) is 2.63. The van der Waals surface area contributed by atoms with Gasteiger partial charge in [-0.05, 0) is 24.3 Å². The lowest BCUT2D eigenvalue weighted by Gasteiger charge is -2.04. The van der Waals surface area contributed by atoms with Crippen molar-refractivity contribution < 1.29 is 14.2 Å². The largest absolute Gasteiger partial charge is 0.506 e. The molecule has 2 aromatic rings. The number of hydrogen-bond donors (Lipinski definition) is 1. The predicted octanol–water partition coefficient (Wildman–Crippen LogP) is 3.25. The molecule has 2 rings (SSSR count). The van der Waals surface area contributed by atoms with Gasteiger partial charge in [0.25, 0.3) is 0 Å². The van der Waals surface area contributed by atoms with E-state index >= 15 is 0 Å². The van der Waals surface area contributed by atoms with Crippen molar-refractivity contribution in [3.05, 3.63) is 47.9 Å². The molecule has 0 aliphatic rings. The van der Waals surface area contributed by atoms with Crippen LogP contribution < -0.4 is 4.74 Å². The number of hydrogen-bond acceptors (Lipinski definition) is 4. The second-order valence-corrected chi connectivity index (χ2v) is 3.98. The molecule has 6 heteroatoms. The topological polar surface area (TPSA) is 54.7 Å². The van der Waals surface area contributed by atoms with E-state index in [1.54, 1.807) is 0 Å². The Morgan fingerprint density at radius 1 is 1.37 bits per heavy atom. The van der Waals surface area contributed by atoms with Crippen LogP contribution in [-0.4, -0.2) is 22.4 Å². The number of nitrogens with zero attached hydrogens (tertiary/aromatic N) is 2. The molecule has 4 nitrogen and oxygen atoms in total. The summed E-state index contributed by atoms with van der Waals surface area (Å²) in [6.45, 7) is 0. The molecule has 1 heterocycles. The van der Waals surface area contributed by atoms with Crippen LogP contribution in [0.2, 0.25) is 0 Å². The van der Waals surface area contributed by atoms with Crippen molar-refractivity contribution in [1.82, 2.24) is 4.98 Å². The number of aromatic nitrogens is 1. The maximum Gasteiger partial charge on any atom is 0.213 e. The first-order chi connectivity index (χ1) is 9.10. The van der Waals surface area contributed by atoms with Crippen LogP contribution in [0.25, 0.3) is 0 Å². The molecule has 0 spiro atoms. The molecule has 0 amide bonds. The molecule has 0 saturated heterocycles. The van der Waals surface area contributed by atoms with Gasteiger partial charge in [0.2, 0.25) is 5.88 Å². The highest BCUT2D eigenvalue weighted by molar-refractivity contribution is 6.70. The molecule has 0 unspecified atom stereocenters. The zero-order valence-electron chi connectivity index (χ0n) is 9.97. The zero-order valence-corrected chi connectivity index (χ0v) is 10.7. The van der Waals surface area contributed by atoms with Gasteiger partial charge in [-0.25, -0.2) is 14.4 Å². The maximum absolute atomic E-state index is 12.8. The summed E-state index contributed by atoms with van der Waals surface area (Å²) in [4.78, 5) is 7.90. The molecule has 1 aromatic carbocycles. The highest BCUT2D eigenvalue weighted by Crippen LogP contribution is 2.24. The Kier molecular flexibility index (Phi) is 3.97. The molecule has 19 heavy (non-hydrogen) atoms. The highest BCUT2D eigenvalue weighted by Gasteiger charge is 2.09. The Hall–Kier alpha value is -2.14. The number of halogens is 2. The lowest BCUT2D eigenvalue weighted by Crippen LogP contribution is -1.95. The minimum atomic E-state index is -0.358. The monoisotopic (exact) mass is 280 g/mol.